The molecule has 4 heteroatoms. The van der Waals surface area contributed by atoms with E-state index in [-0.39, 0.29) is 5.91 Å². The molecule has 0 aliphatic carbocycles. The van der Waals surface area contributed by atoms with Crippen LogP contribution < -0.4 is 11.1 Å². The quantitative estimate of drug-likeness (QED) is 0.851. The van der Waals surface area contributed by atoms with Gasteiger partial charge < -0.3 is 11.1 Å². The molecule has 1 heterocycles. The van der Waals surface area contributed by atoms with Gasteiger partial charge in [-0.25, -0.2) is 0 Å². The van der Waals surface area contributed by atoms with Gasteiger partial charge in [-0.1, -0.05) is 31.2 Å². The highest BCUT2D eigenvalue weighted by Crippen LogP contribution is 2.10. The molecule has 1 aliphatic rings. The minimum atomic E-state index is 0.103. The molecule has 1 aliphatic heterocycles. The first-order valence-electron chi connectivity index (χ1n) is 7.50. The Hall–Kier alpha value is -1.39. The predicted molar refractivity (Wildman–Crippen MR) is 81.3 cm³/mol. The fourth-order valence-corrected chi connectivity index (χ4v) is 2.64. The number of nitrogens with one attached hydrogen (secondary N) is 1. The van der Waals surface area contributed by atoms with Crippen molar-refractivity contribution < 1.29 is 4.79 Å². The molecule has 0 bridgehead atoms. The lowest BCUT2D eigenvalue weighted by molar-refractivity contribution is -0.122. The third kappa shape index (κ3) is 4.32. The van der Waals surface area contributed by atoms with E-state index in [4.69, 9.17) is 5.73 Å². The Bertz CT molecular complexity index is 439. The molecular weight excluding hydrogens is 250 g/mol. The number of carbonyl (C=O) groups is 1. The molecule has 20 heavy (non-hydrogen) atoms. The first-order chi connectivity index (χ1) is 9.69. The van der Waals surface area contributed by atoms with Crippen LogP contribution in [0.25, 0.3) is 0 Å². The Morgan fingerprint density at radius 3 is 2.60 bits per heavy atom. The van der Waals surface area contributed by atoms with Crippen LogP contribution in [0.15, 0.2) is 24.3 Å². The highest BCUT2D eigenvalue weighted by molar-refractivity contribution is 5.78. The topological polar surface area (TPSA) is 58.4 Å². The summed E-state index contributed by atoms with van der Waals surface area (Å²) in [4.78, 5) is 14.2. The van der Waals surface area contributed by atoms with Gasteiger partial charge in [0.05, 0.1) is 6.54 Å². The number of amides is 1. The van der Waals surface area contributed by atoms with Crippen LogP contribution >= 0.6 is 0 Å². The number of rotatable bonds is 5. The Labute approximate surface area is 121 Å². The third-order valence-electron chi connectivity index (χ3n) is 3.97. The molecule has 1 amide bonds. The van der Waals surface area contributed by atoms with Crippen LogP contribution in [0.2, 0.25) is 0 Å². The number of nitrogens with zero attached hydrogens (tertiary/aromatic N) is 1. The number of likely N-dealkylation sites (tertiary alicyclic amines) is 1. The monoisotopic (exact) mass is 275 g/mol. The second-order valence-electron chi connectivity index (χ2n) is 5.51. The van der Waals surface area contributed by atoms with Crippen molar-refractivity contribution in [2.45, 2.75) is 38.8 Å². The van der Waals surface area contributed by atoms with Gasteiger partial charge in [0.25, 0.3) is 0 Å². The van der Waals surface area contributed by atoms with Crippen molar-refractivity contribution in [3.05, 3.63) is 35.4 Å². The van der Waals surface area contributed by atoms with E-state index in [1.165, 1.54) is 11.1 Å². The lowest BCUT2D eigenvalue weighted by Crippen LogP contribution is -2.44. The van der Waals surface area contributed by atoms with Gasteiger partial charge in [-0.05, 0) is 30.4 Å². The lowest BCUT2D eigenvalue weighted by Gasteiger charge is -2.29. The molecule has 110 valence electrons. The van der Waals surface area contributed by atoms with Crippen molar-refractivity contribution in [1.29, 1.82) is 0 Å². The number of aryl methyl sites for hydroxylation is 1. The molecule has 0 radical (unpaired) electrons. The summed E-state index contributed by atoms with van der Waals surface area (Å²) >= 11 is 0. The highest BCUT2D eigenvalue weighted by Gasteiger charge is 2.18. The summed E-state index contributed by atoms with van der Waals surface area (Å²) in [6.07, 6.45) is 2.98. The molecule has 0 atom stereocenters. The Kier molecular flexibility index (Phi) is 5.56. The van der Waals surface area contributed by atoms with E-state index in [1.807, 2.05) is 12.1 Å². The van der Waals surface area contributed by atoms with E-state index in [2.05, 4.69) is 29.3 Å². The van der Waals surface area contributed by atoms with Crippen LogP contribution in [0.1, 0.15) is 30.9 Å². The maximum Gasteiger partial charge on any atom is 0.234 e. The molecule has 0 spiro atoms. The van der Waals surface area contributed by atoms with Gasteiger partial charge in [0.2, 0.25) is 5.91 Å². The van der Waals surface area contributed by atoms with Crippen molar-refractivity contribution in [3.8, 4) is 0 Å². The second-order valence-corrected chi connectivity index (χ2v) is 5.51. The van der Waals surface area contributed by atoms with E-state index in [1.54, 1.807) is 0 Å². The summed E-state index contributed by atoms with van der Waals surface area (Å²) in [5, 5.41) is 3.02. The van der Waals surface area contributed by atoms with Crippen LogP contribution in [0.3, 0.4) is 0 Å². The second kappa shape index (κ2) is 7.41. The zero-order chi connectivity index (χ0) is 14.4. The number of piperidine rings is 1. The Balaban J connectivity index is 1.77. The van der Waals surface area contributed by atoms with Gasteiger partial charge in [0, 0.05) is 25.7 Å². The normalized spacial score (nSPS) is 17.1. The minimum Gasteiger partial charge on any atom is -0.351 e. The standard InChI is InChI=1S/C16H25N3O/c1-2-13-5-3-4-6-14(13)11-18-16(20)12-19-9-7-15(17)8-10-19/h3-6,15H,2,7-12,17H2,1H3,(H,18,20). The molecule has 3 N–H and O–H groups in total. The molecule has 0 unspecified atom stereocenters. The molecule has 1 aromatic carbocycles. The van der Waals surface area contributed by atoms with Gasteiger partial charge in [-0.15, -0.1) is 0 Å². The summed E-state index contributed by atoms with van der Waals surface area (Å²) in [5.41, 5.74) is 8.38. The SMILES string of the molecule is CCc1ccccc1CNC(=O)CN1CCC(N)CC1. The summed E-state index contributed by atoms with van der Waals surface area (Å²) < 4.78 is 0. The number of hydrogen-bond acceptors (Lipinski definition) is 3. The number of nitrogens with two attached hydrogens (primary N) is 1. The van der Waals surface area contributed by atoms with Crippen molar-refractivity contribution >= 4 is 5.91 Å². The van der Waals surface area contributed by atoms with Crippen LogP contribution in [-0.2, 0) is 17.8 Å². The van der Waals surface area contributed by atoms with Crippen LogP contribution in [0.4, 0.5) is 0 Å². The highest BCUT2D eigenvalue weighted by atomic mass is 16.2. The van der Waals surface area contributed by atoms with E-state index in [9.17, 15) is 4.79 Å². The maximum atomic E-state index is 12.0. The van der Waals surface area contributed by atoms with Crippen LogP contribution in [0, 0.1) is 0 Å². The van der Waals surface area contributed by atoms with Gasteiger partial charge >= 0.3 is 0 Å². The third-order valence-corrected chi connectivity index (χ3v) is 3.97. The van der Waals surface area contributed by atoms with Crippen molar-refractivity contribution in [3.63, 3.8) is 0 Å². The minimum absolute atomic E-state index is 0.103. The fourth-order valence-electron chi connectivity index (χ4n) is 2.64. The predicted octanol–water partition coefficient (Wildman–Crippen LogP) is 1.29. The van der Waals surface area contributed by atoms with E-state index < -0.39 is 0 Å². The van der Waals surface area contributed by atoms with Crippen LogP contribution in [-0.4, -0.2) is 36.5 Å². The van der Waals surface area contributed by atoms with E-state index >= 15 is 0 Å². The molecule has 1 saturated heterocycles. The molecule has 0 saturated carbocycles. The van der Waals surface area contributed by atoms with Gasteiger partial charge in [-0.2, -0.15) is 0 Å². The average molecular weight is 275 g/mol. The van der Waals surface area contributed by atoms with E-state index in [0.29, 0.717) is 19.1 Å². The van der Waals surface area contributed by atoms with E-state index in [0.717, 1.165) is 32.4 Å². The number of hydrogen-bond donors (Lipinski definition) is 2. The summed E-state index contributed by atoms with van der Waals surface area (Å²) in [7, 11) is 0. The van der Waals surface area contributed by atoms with Crippen molar-refractivity contribution in [1.82, 2.24) is 10.2 Å². The molecular formula is C16H25N3O. The molecule has 1 aromatic rings. The van der Waals surface area contributed by atoms with Gasteiger partial charge in [0.1, 0.15) is 0 Å². The van der Waals surface area contributed by atoms with Crippen molar-refractivity contribution in [2.24, 2.45) is 5.73 Å². The maximum absolute atomic E-state index is 12.0. The smallest absolute Gasteiger partial charge is 0.234 e. The largest absolute Gasteiger partial charge is 0.351 e. The van der Waals surface area contributed by atoms with Crippen molar-refractivity contribution in [2.75, 3.05) is 19.6 Å². The Morgan fingerprint density at radius 2 is 1.95 bits per heavy atom. The average Bonchev–Trinajstić information content (AvgIpc) is 2.48. The first kappa shape index (κ1) is 15.0. The summed E-state index contributed by atoms with van der Waals surface area (Å²) in [5.74, 6) is 0.103. The molecule has 4 nitrogen and oxygen atoms in total. The molecule has 1 fully saturated rings. The summed E-state index contributed by atoms with van der Waals surface area (Å²) in [6, 6.07) is 8.58. The van der Waals surface area contributed by atoms with Crippen LogP contribution in [0.5, 0.6) is 0 Å². The first-order valence-corrected chi connectivity index (χ1v) is 7.50. The van der Waals surface area contributed by atoms with Gasteiger partial charge in [0.15, 0.2) is 0 Å². The van der Waals surface area contributed by atoms with Gasteiger partial charge in [-0.3, -0.25) is 9.69 Å². The Morgan fingerprint density at radius 1 is 1.30 bits per heavy atom. The number of carbonyl (C=O) groups excluding carboxylic acids is 1. The fraction of sp³-hybridized carbons (Fsp3) is 0.562. The zero-order valence-electron chi connectivity index (χ0n) is 12.3. The molecule has 2 rings (SSSR count). The molecule has 0 aromatic heterocycles. The number of benzene rings is 1. The zero-order valence-corrected chi connectivity index (χ0v) is 12.3. The summed E-state index contributed by atoms with van der Waals surface area (Å²) in [6.45, 7) is 5.11. The lowest BCUT2D eigenvalue weighted by atomic mass is 10.1.